The Balaban J connectivity index is 1.76. The minimum Gasteiger partial charge on any atom is -0.482 e. The van der Waals surface area contributed by atoms with E-state index in [1.165, 1.54) is 25.1 Å². The van der Waals surface area contributed by atoms with Crippen LogP contribution in [-0.4, -0.2) is 31.1 Å². The normalized spacial score (nSPS) is 13.3. The fraction of sp³-hybridized carbons (Fsp3) is 0.263. The molecule has 2 aromatic carbocycles. The van der Waals surface area contributed by atoms with Gasteiger partial charge in [-0.25, -0.2) is 0 Å². The number of ether oxygens (including phenoxy) is 1. The molecule has 3 rings (SSSR count). The number of alkyl halides is 3. The predicted molar refractivity (Wildman–Crippen MR) is 94.1 cm³/mol. The highest BCUT2D eigenvalue weighted by atomic mass is 19.4. The number of benzene rings is 2. The first-order chi connectivity index (χ1) is 12.7. The van der Waals surface area contributed by atoms with Gasteiger partial charge in [0.25, 0.3) is 5.91 Å². The standard InChI is InChI=1S/C19H17F3N2O3/c1-12(25)24-9-8-13-10-14(6-7-16(13)24)18(26)23-15-4-2-3-5-17(15)27-11-19(20,21)22/h2-7,10H,8-9,11H2,1H3,(H,23,26). The van der Waals surface area contributed by atoms with E-state index in [0.29, 0.717) is 18.5 Å². The third-order valence-corrected chi connectivity index (χ3v) is 4.14. The van der Waals surface area contributed by atoms with Gasteiger partial charge in [0.15, 0.2) is 6.61 Å². The van der Waals surface area contributed by atoms with Crippen LogP contribution < -0.4 is 15.0 Å². The first-order valence-corrected chi connectivity index (χ1v) is 8.25. The number of para-hydroxylation sites is 2. The van der Waals surface area contributed by atoms with Crippen molar-refractivity contribution in [3.05, 3.63) is 53.6 Å². The lowest BCUT2D eigenvalue weighted by Crippen LogP contribution is -2.25. The number of nitrogens with zero attached hydrogens (tertiary/aromatic N) is 1. The Morgan fingerprint density at radius 3 is 2.63 bits per heavy atom. The molecule has 8 heteroatoms. The van der Waals surface area contributed by atoms with E-state index >= 15 is 0 Å². The van der Waals surface area contributed by atoms with Crippen molar-refractivity contribution in [2.45, 2.75) is 19.5 Å². The highest BCUT2D eigenvalue weighted by Gasteiger charge is 2.29. The number of hydrogen-bond donors (Lipinski definition) is 1. The van der Waals surface area contributed by atoms with Crippen molar-refractivity contribution in [3.63, 3.8) is 0 Å². The van der Waals surface area contributed by atoms with Gasteiger partial charge >= 0.3 is 6.18 Å². The molecule has 1 aliphatic heterocycles. The molecule has 0 bridgehead atoms. The molecule has 5 nitrogen and oxygen atoms in total. The molecule has 2 aromatic rings. The van der Waals surface area contributed by atoms with E-state index in [1.807, 2.05) is 0 Å². The number of rotatable bonds is 4. The second-order valence-corrected chi connectivity index (χ2v) is 6.12. The Bertz CT molecular complexity index is 881. The molecular formula is C19H17F3N2O3. The third-order valence-electron chi connectivity index (χ3n) is 4.14. The minimum atomic E-state index is -4.47. The molecule has 142 valence electrons. The molecule has 1 aliphatic rings. The number of carbonyl (C=O) groups excluding carboxylic acids is 2. The second-order valence-electron chi connectivity index (χ2n) is 6.12. The molecule has 1 N–H and O–H groups in total. The largest absolute Gasteiger partial charge is 0.482 e. The van der Waals surface area contributed by atoms with Crippen LogP contribution in [0, 0.1) is 0 Å². The molecule has 0 aromatic heterocycles. The minimum absolute atomic E-state index is 0.0629. The summed E-state index contributed by atoms with van der Waals surface area (Å²) in [4.78, 5) is 25.7. The molecule has 1 heterocycles. The van der Waals surface area contributed by atoms with Crippen molar-refractivity contribution in [2.24, 2.45) is 0 Å². The Labute approximate surface area is 153 Å². The molecule has 27 heavy (non-hydrogen) atoms. The molecule has 0 saturated heterocycles. The molecular weight excluding hydrogens is 361 g/mol. The molecule has 0 aliphatic carbocycles. The van der Waals surface area contributed by atoms with E-state index < -0.39 is 18.7 Å². The predicted octanol–water partition coefficient (Wildman–Crippen LogP) is 3.79. The number of nitrogens with one attached hydrogen (secondary N) is 1. The fourth-order valence-electron chi connectivity index (χ4n) is 2.92. The van der Waals surface area contributed by atoms with Crippen LogP contribution in [0.5, 0.6) is 5.75 Å². The Morgan fingerprint density at radius 2 is 1.93 bits per heavy atom. The summed E-state index contributed by atoms with van der Waals surface area (Å²) < 4.78 is 41.9. The third kappa shape index (κ3) is 4.39. The summed E-state index contributed by atoms with van der Waals surface area (Å²) in [7, 11) is 0. The van der Waals surface area contributed by atoms with Crippen LogP contribution in [0.2, 0.25) is 0 Å². The first-order valence-electron chi connectivity index (χ1n) is 8.25. The van der Waals surface area contributed by atoms with Crippen molar-refractivity contribution in [3.8, 4) is 5.75 Å². The van der Waals surface area contributed by atoms with Gasteiger partial charge in [0, 0.05) is 24.7 Å². The fourth-order valence-corrected chi connectivity index (χ4v) is 2.92. The lowest BCUT2D eigenvalue weighted by atomic mass is 10.1. The van der Waals surface area contributed by atoms with Crippen LogP contribution in [0.3, 0.4) is 0 Å². The molecule has 0 unspecified atom stereocenters. The number of halogens is 3. The van der Waals surface area contributed by atoms with E-state index in [9.17, 15) is 22.8 Å². The lowest BCUT2D eigenvalue weighted by Gasteiger charge is -2.15. The summed E-state index contributed by atoms with van der Waals surface area (Å²) in [5.74, 6) is -0.601. The van der Waals surface area contributed by atoms with Crippen LogP contribution in [0.4, 0.5) is 24.5 Å². The number of carbonyl (C=O) groups is 2. The Morgan fingerprint density at radius 1 is 1.19 bits per heavy atom. The van der Waals surface area contributed by atoms with Gasteiger partial charge in [0.2, 0.25) is 5.91 Å². The number of hydrogen-bond acceptors (Lipinski definition) is 3. The van der Waals surface area contributed by atoms with E-state index in [2.05, 4.69) is 5.32 Å². The van der Waals surface area contributed by atoms with Gasteiger partial charge in [-0.3, -0.25) is 9.59 Å². The molecule has 0 saturated carbocycles. The van der Waals surface area contributed by atoms with E-state index in [0.717, 1.165) is 11.3 Å². The monoisotopic (exact) mass is 378 g/mol. The zero-order valence-electron chi connectivity index (χ0n) is 14.5. The molecule has 0 radical (unpaired) electrons. The lowest BCUT2D eigenvalue weighted by molar-refractivity contribution is -0.153. The maximum atomic E-state index is 12.5. The Hall–Kier alpha value is -3.03. The van der Waals surface area contributed by atoms with Crippen LogP contribution in [0.25, 0.3) is 0 Å². The zero-order valence-corrected chi connectivity index (χ0v) is 14.5. The number of anilines is 2. The SMILES string of the molecule is CC(=O)N1CCc2cc(C(=O)Nc3ccccc3OCC(F)(F)F)ccc21. The zero-order chi connectivity index (χ0) is 19.6. The van der Waals surface area contributed by atoms with Gasteiger partial charge in [-0.05, 0) is 42.3 Å². The quantitative estimate of drug-likeness (QED) is 0.881. The van der Waals surface area contributed by atoms with Gasteiger partial charge in [-0.15, -0.1) is 0 Å². The first kappa shape index (κ1) is 18.8. The van der Waals surface area contributed by atoms with Gasteiger partial charge in [-0.2, -0.15) is 13.2 Å². The van der Waals surface area contributed by atoms with Crippen molar-refractivity contribution >= 4 is 23.2 Å². The van der Waals surface area contributed by atoms with Crippen molar-refractivity contribution in [2.75, 3.05) is 23.4 Å². The van der Waals surface area contributed by atoms with Gasteiger partial charge < -0.3 is 15.0 Å². The molecule has 0 atom stereocenters. The van der Waals surface area contributed by atoms with Crippen LogP contribution >= 0.6 is 0 Å². The van der Waals surface area contributed by atoms with Crippen LogP contribution in [0.1, 0.15) is 22.8 Å². The number of fused-ring (bicyclic) bond motifs is 1. The van der Waals surface area contributed by atoms with E-state index in [-0.39, 0.29) is 17.3 Å². The molecule has 0 spiro atoms. The van der Waals surface area contributed by atoms with Gasteiger partial charge in [-0.1, -0.05) is 12.1 Å². The summed E-state index contributed by atoms with van der Waals surface area (Å²) in [5, 5.41) is 2.58. The molecule has 0 fully saturated rings. The van der Waals surface area contributed by atoms with Gasteiger partial charge in [0.1, 0.15) is 5.75 Å². The summed E-state index contributed by atoms with van der Waals surface area (Å²) in [5.41, 5.74) is 2.15. The Kier molecular flexibility index (Phi) is 5.07. The topological polar surface area (TPSA) is 58.6 Å². The van der Waals surface area contributed by atoms with E-state index in [1.54, 1.807) is 29.2 Å². The summed E-state index contributed by atoms with van der Waals surface area (Å²) in [6, 6.07) is 10.9. The van der Waals surface area contributed by atoms with E-state index in [4.69, 9.17) is 4.74 Å². The smallest absolute Gasteiger partial charge is 0.422 e. The van der Waals surface area contributed by atoms with Crippen LogP contribution in [-0.2, 0) is 11.2 Å². The second kappa shape index (κ2) is 7.30. The maximum Gasteiger partial charge on any atom is 0.422 e. The molecule has 2 amide bonds. The highest BCUT2D eigenvalue weighted by molar-refractivity contribution is 6.06. The van der Waals surface area contributed by atoms with Crippen molar-refractivity contribution < 1.29 is 27.5 Å². The summed E-state index contributed by atoms with van der Waals surface area (Å²) >= 11 is 0. The summed E-state index contributed by atoms with van der Waals surface area (Å²) in [6.45, 7) is 0.594. The average molecular weight is 378 g/mol. The maximum absolute atomic E-state index is 12.5. The van der Waals surface area contributed by atoms with Crippen molar-refractivity contribution in [1.82, 2.24) is 0 Å². The average Bonchev–Trinajstić information content (AvgIpc) is 3.03. The number of amides is 2. The van der Waals surface area contributed by atoms with Gasteiger partial charge in [0.05, 0.1) is 5.69 Å². The summed E-state index contributed by atoms with van der Waals surface area (Å²) in [6.07, 6.45) is -3.83. The van der Waals surface area contributed by atoms with Crippen molar-refractivity contribution in [1.29, 1.82) is 0 Å². The van der Waals surface area contributed by atoms with Crippen LogP contribution in [0.15, 0.2) is 42.5 Å². The highest BCUT2D eigenvalue weighted by Crippen LogP contribution is 2.30.